The number of hydrogen-bond acceptors (Lipinski definition) is 1. The van der Waals surface area contributed by atoms with E-state index in [2.05, 4.69) is 29.8 Å². The summed E-state index contributed by atoms with van der Waals surface area (Å²) in [4.78, 5) is 2.32. The van der Waals surface area contributed by atoms with Crippen LogP contribution in [0.25, 0.3) is 10.9 Å². The van der Waals surface area contributed by atoms with E-state index in [9.17, 15) is 4.39 Å². The summed E-state index contributed by atoms with van der Waals surface area (Å²) in [6.07, 6.45) is 4.65. The highest BCUT2D eigenvalue weighted by Crippen LogP contribution is 2.42. The van der Waals surface area contributed by atoms with Gasteiger partial charge in [-0.2, -0.15) is 0 Å². The molecule has 0 bridgehead atoms. The lowest BCUT2D eigenvalue weighted by atomic mass is 10.2. The van der Waals surface area contributed by atoms with Gasteiger partial charge in [0.25, 0.3) is 0 Å². The zero-order chi connectivity index (χ0) is 12.9. The lowest BCUT2D eigenvalue weighted by Crippen LogP contribution is -2.34. The predicted molar refractivity (Wildman–Crippen MR) is 72.3 cm³/mol. The second kappa shape index (κ2) is 3.82. The maximum absolute atomic E-state index is 13.3. The number of rotatable bonds is 3. The summed E-state index contributed by atoms with van der Waals surface area (Å²) in [6, 6.07) is 5.08. The zero-order valence-electron chi connectivity index (χ0n) is 11.2. The second-order valence-electron chi connectivity index (χ2n) is 5.72. The van der Waals surface area contributed by atoms with Crippen LogP contribution in [0.3, 0.4) is 0 Å². The van der Waals surface area contributed by atoms with Gasteiger partial charge < -0.3 is 9.47 Å². The van der Waals surface area contributed by atoms with E-state index in [0.29, 0.717) is 5.54 Å². The fraction of sp³-hybridized carbons (Fsp3) is 0.467. The van der Waals surface area contributed by atoms with Crippen molar-refractivity contribution < 1.29 is 4.39 Å². The third-order valence-corrected chi connectivity index (χ3v) is 4.28. The van der Waals surface area contributed by atoms with Gasteiger partial charge in [0, 0.05) is 29.2 Å². The Bertz CT molecular complexity index is 594. The largest absolute Gasteiger partial charge is 0.345 e. The zero-order valence-corrected chi connectivity index (χ0v) is 11.2. The molecular weight excluding hydrogens is 227 g/mol. The van der Waals surface area contributed by atoms with E-state index in [4.69, 9.17) is 0 Å². The summed E-state index contributed by atoms with van der Waals surface area (Å²) < 4.78 is 15.6. The highest BCUT2D eigenvalue weighted by atomic mass is 19.1. The predicted octanol–water partition coefficient (Wildman–Crippen LogP) is 3.18. The molecule has 0 amide bonds. The van der Waals surface area contributed by atoms with Crippen molar-refractivity contribution >= 4 is 10.9 Å². The molecule has 1 aromatic carbocycles. The molecule has 0 unspecified atom stereocenters. The number of benzene rings is 1. The number of fused-ring (bicyclic) bond motifs is 1. The first kappa shape index (κ1) is 11.7. The van der Waals surface area contributed by atoms with Crippen LogP contribution in [0.4, 0.5) is 4.39 Å². The molecule has 2 nitrogen and oxygen atoms in total. The van der Waals surface area contributed by atoms with E-state index in [1.807, 2.05) is 13.0 Å². The van der Waals surface area contributed by atoms with Crippen LogP contribution in [0, 0.1) is 12.7 Å². The second-order valence-corrected chi connectivity index (χ2v) is 5.72. The van der Waals surface area contributed by atoms with E-state index in [1.54, 1.807) is 12.1 Å². The Kier molecular flexibility index (Phi) is 2.49. The number of halogens is 1. The molecule has 0 N–H and O–H groups in total. The molecule has 0 spiro atoms. The third-order valence-electron chi connectivity index (χ3n) is 4.28. The normalized spacial score (nSPS) is 17.6. The Morgan fingerprint density at radius 1 is 1.33 bits per heavy atom. The molecule has 0 saturated heterocycles. The summed E-state index contributed by atoms with van der Waals surface area (Å²) in [7, 11) is 4.29. The van der Waals surface area contributed by atoms with Crippen molar-refractivity contribution in [1.82, 2.24) is 9.47 Å². The maximum Gasteiger partial charge on any atom is 0.123 e. The van der Waals surface area contributed by atoms with Gasteiger partial charge in [0.05, 0.1) is 0 Å². The van der Waals surface area contributed by atoms with Gasteiger partial charge in [-0.1, -0.05) is 0 Å². The Morgan fingerprint density at radius 3 is 2.67 bits per heavy atom. The molecule has 1 aromatic heterocycles. The third kappa shape index (κ3) is 1.74. The first-order valence-corrected chi connectivity index (χ1v) is 6.44. The minimum absolute atomic E-state index is 0.155. The lowest BCUT2D eigenvalue weighted by molar-refractivity contribution is 0.244. The minimum Gasteiger partial charge on any atom is -0.345 e. The monoisotopic (exact) mass is 246 g/mol. The fourth-order valence-corrected chi connectivity index (χ4v) is 2.79. The highest BCUT2D eigenvalue weighted by molar-refractivity contribution is 5.83. The molecule has 1 aliphatic carbocycles. The minimum atomic E-state index is -0.155. The van der Waals surface area contributed by atoms with Gasteiger partial charge in [0.1, 0.15) is 5.82 Å². The molecule has 1 heterocycles. The van der Waals surface area contributed by atoms with Crippen LogP contribution in [-0.2, 0) is 6.54 Å². The van der Waals surface area contributed by atoms with Crippen LogP contribution in [0.2, 0.25) is 0 Å². The molecule has 3 heteroatoms. The quantitative estimate of drug-likeness (QED) is 0.807. The Labute approximate surface area is 107 Å². The Hall–Kier alpha value is -1.35. The molecule has 0 atom stereocenters. The molecule has 1 saturated carbocycles. The van der Waals surface area contributed by atoms with Crippen LogP contribution in [-0.4, -0.2) is 29.1 Å². The number of aromatic nitrogens is 1. The summed E-state index contributed by atoms with van der Waals surface area (Å²) in [5, 5.41) is 1.03. The van der Waals surface area contributed by atoms with Crippen molar-refractivity contribution in [1.29, 1.82) is 0 Å². The van der Waals surface area contributed by atoms with Crippen LogP contribution in [0.1, 0.15) is 18.4 Å². The van der Waals surface area contributed by atoms with Crippen molar-refractivity contribution in [3.63, 3.8) is 0 Å². The molecule has 0 radical (unpaired) electrons. The topological polar surface area (TPSA) is 8.17 Å². The van der Waals surface area contributed by atoms with Gasteiger partial charge in [-0.05, 0) is 57.6 Å². The van der Waals surface area contributed by atoms with Gasteiger partial charge in [-0.25, -0.2) is 4.39 Å². The van der Waals surface area contributed by atoms with Crippen molar-refractivity contribution in [2.24, 2.45) is 0 Å². The molecule has 0 aliphatic heterocycles. The average molecular weight is 246 g/mol. The van der Waals surface area contributed by atoms with Crippen LogP contribution >= 0.6 is 0 Å². The molecule has 2 aromatic rings. The van der Waals surface area contributed by atoms with E-state index in [1.165, 1.54) is 12.8 Å². The standard InChI is InChI=1S/C15H19FN2/c1-11-9-18(10-15(6-7-15)17(2)3)14-5-4-12(16)8-13(11)14/h4-5,8-9H,6-7,10H2,1-3H3. The molecule has 1 fully saturated rings. The van der Waals surface area contributed by atoms with Gasteiger partial charge in [0.15, 0.2) is 0 Å². The molecule has 96 valence electrons. The lowest BCUT2D eigenvalue weighted by Gasteiger charge is -2.24. The summed E-state index contributed by atoms with van der Waals surface area (Å²) in [5.41, 5.74) is 2.60. The first-order chi connectivity index (χ1) is 8.52. The van der Waals surface area contributed by atoms with E-state index in [0.717, 1.165) is 23.0 Å². The Morgan fingerprint density at radius 2 is 2.06 bits per heavy atom. The number of hydrogen-bond donors (Lipinski definition) is 0. The smallest absolute Gasteiger partial charge is 0.123 e. The molecule has 1 aliphatic rings. The summed E-state index contributed by atoms with van der Waals surface area (Å²) in [6.45, 7) is 3.05. The van der Waals surface area contributed by atoms with Crippen molar-refractivity contribution in [2.45, 2.75) is 31.8 Å². The molecule has 3 rings (SSSR count). The van der Waals surface area contributed by atoms with Crippen LogP contribution in [0.15, 0.2) is 24.4 Å². The van der Waals surface area contributed by atoms with Gasteiger partial charge in [-0.3, -0.25) is 0 Å². The van der Waals surface area contributed by atoms with Crippen LogP contribution in [0.5, 0.6) is 0 Å². The van der Waals surface area contributed by atoms with Gasteiger partial charge in [0.2, 0.25) is 0 Å². The fourth-order valence-electron chi connectivity index (χ4n) is 2.79. The van der Waals surface area contributed by atoms with Crippen molar-refractivity contribution in [2.75, 3.05) is 14.1 Å². The number of likely N-dealkylation sites (N-methyl/N-ethyl adjacent to an activating group) is 1. The summed E-state index contributed by atoms with van der Waals surface area (Å²) >= 11 is 0. The molecule has 18 heavy (non-hydrogen) atoms. The Balaban J connectivity index is 2.03. The summed E-state index contributed by atoms with van der Waals surface area (Å²) in [5.74, 6) is -0.155. The maximum atomic E-state index is 13.3. The number of nitrogens with zero attached hydrogens (tertiary/aromatic N) is 2. The average Bonchev–Trinajstić information content (AvgIpc) is 3.03. The van der Waals surface area contributed by atoms with E-state index >= 15 is 0 Å². The highest BCUT2D eigenvalue weighted by Gasteiger charge is 2.45. The van der Waals surface area contributed by atoms with E-state index < -0.39 is 0 Å². The van der Waals surface area contributed by atoms with Crippen LogP contribution < -0.4 is 0 Å². The van der Waals surface area contributed by atoms with Gasteiger partial charge in [-0.15, -0.1) is 0 Å². The van der Waals surface area contributed by atoms with Gasteiger partial charge >= 0.3 is 0 Å². The van der Waals surface area contributed by atoms with Crippen molar-refractivity contribution in [3.05, 3.63) is 35.8 Å². The SMILES string of the molecule is Cc1cn(CC2(N(C)C)CC2)c2ccc(F)cc12. The molecular formula is C15H19FN2. The number of aryl methyl sites for hydroxylation is 1. The van der Waals surface area contributed by atoms with Crippen molar-refractivity contribution in [3.8, 4) is 0 Å². The van der Waals surface area contributed by atoms with E-state index in [-0.39, 0.29) is 5.82 Å². The first-order valence-electron chi connectivity index (χ1n) is 6.44.